The van der Waals surface area contributed by atoms with Gasteiger partial charge in [0.15, 0.2) is 0 Å². The van der Waals surface area contributed by atoms with Crippen molar-refractivity contribution in [2.75, 3.05) is 20.3 Å². The van der Waals surface area contributed by atoms with Gasteiger partial charge in [-0.15, -0.1) is 0 Å². The highest BCUT2D eigenvalue weighted by molar-refractivity contribution is 5.39. The minimum atomic E-state index is -0.473. The van der Waals surface area contributed by atoms with Crippen LogP contribution in [0.25, 0.3) is 0 Å². The van der Waals surface area contributed by atoms with Crippen molar-refractivity contribution in [3.63, 3.8) is 0 Å². The fourth-order valence-electron chi connectivity index (χ4n) is 1.84. The summed E-state index contributed by atoms with van der Waals surface area (Å²) in [7, 11) is 1.67. The molecule has 3 heteroatoms. The van der Waals surface area contributed by atoms with Gasteiger partial charge in [-0.3, -0.25) is 0 Å². The summed E-state index contributed by atoms with van der Waals surface area (Å²) < 4.78 is 11.0. The molecule has 17 heavy (non-hydrogen) atoms. The van der Waals surface area contributed by atoms with Gasteiger partial charge >= 0.3 is 0 Å². The van der Waals surface area contributed by atoms with Crippen LogP contribution < -0.4 is 10.5 Å². The zero-order valence-electron chi connectivity index (χ0n) is 11.0. The van der Waals surface area contributed by atoms with Crippen molar-refractivity contribution in [1.29, 1.82) is 0 Å². The lowest BCUT2D eigenvalue weighted by Crippen LogP contribution is -2.40. The van der Waals surface area contributed by atoms with Crippen molar-refractivity contribution in [1.82, 2.24) is 0 Å². The molecular weight excluding hydrogens is 214 g/mol. The van der Waals surface area contributed by atoms with Gasteiger partial charge in [0.1, 0.15) is 5.75 Å². The van der Waals surface area contributed by atoms with E-state index in [9.17, 15) is 0 Å². The Balaban J connectivity index is 3.01. The van der Waals surface area contributed by atoms with E-state index in [1.54, 1.807) is 7.11 Å². The molecule has 96 valence electrons. The normalized spacial score (nSPS) is 14.4. The Kier molecular flexibility index (Phi) is 5.45. The molecule has 0 radical (unpaired) electrons. The predicted octanol–water partition coefficient (Wildman–Crippen LogP) is 2.69. The third-order valence-electron chi connectivity index (χ3n) is 2.92. The quantitative estimate of drug-likeness (QED) is 0.793. The number of ether oxygens (including phenoxy) is 2. The van der Waals surface area contributed by atoms with Gasteiger partial charge in [-0.25, -0.2) is 0 Å². The van der Waals surface area contributed by atoms with Gasteiger partial charge in [0.2, 0.25) is 0 Å². The summed E-state index contributed by atoms with van der Waals surface area (Å²) in [5.74, 6) is 0.871. The standard InChI is InChI=1S/C14H23NO2/c1-4-10-17-13-9-7-6-8-12(13)14(15,5-2)11-16-3/h6-9H,4-5,10-11,15H2,1-3H3. The van der Waals surface area contributed by atoms with Gasteiger partial charge in [-0.2, -0.15) is 0 Å². The zero-order valence-corrected chi connectivity index (χ0v) is 11.0. The molecule has 1 aromatic carbocycles. The molecule has 0 bridgehead atoms. The van der Waals surface area contributed by atoms with E-state index in [0.29, 0.717) is 13.2 Å². The molecule has 0 spiro atoms. The van der Waals surface area contributed by atoms with Crippen LogP contribution in [0.3, 0.4) is 0 Å². The molecule has 0 heterocycles. The van der Waals surface area contributed by atoms with E-state index in [1.165, 1.54) is 0 Å². The van der Waals surface area contributed by atoms with E-state index >= 15 is 0 Å². The molecule has 0 aliphatic rings. The van der Waals surface area contributed by atoms with Gasteiger partial charge in [0.25, 0.3) is 0 Å². The molecular formula is C14H23NO2. The van der Waals surface area contributed by atoms with Gasteiger partial charge < -0.3 is 15.2 Å². The Bertz CT molecular complexity index is 341. The van der Waals surface area contributed by atoms with Crippen molar-refractivity contribution in [3.05, 3.63) is 29.8 Å². The van der Waals surface area contributed by atoms with E-state index in [-0.39, 0.29) is 0 Å². The maximum atomic E-state index is 6.40. The molecule has 0 aliphatic heterocycles. The first-order chi connectivity index (χ1) is 8.18. The van der Waals surface area contributed by atoms with Crippen molar-refractivity contribution < 1.29 is 9.47 Å². The molecule has 0 fully saturated rings. The third-order valence-corrected chi connectivity index (χ3v) is 2.92. The molecule has 0 aliphatic carbocycles. The molecule has 1 unspecified atom stereocenters. The number of benzene rings is 1. The van der Waals surface area contributed by atoms with E-state index in [1.807, 2.05) is 24.3 Å². The lowest BCUT2D eigenvalue weighted by atomic mass is 9.88. The monoisotopic (exact) mass is 237 g/mol. The molecule has 3 nitrogen and oxygen atoms in total. The fraction of sp³-hybridized carbons (Fsp3) is 0.571. The Morgan fingerprint density at radius 3 is 2.53 bits per heavy atom. The largest absolute Gasteiger partial charge is 0.493 e. The summed E-state index contributed by atoms with van der Waals surface area (Å²) in [5.41, 5.74) is 6.95. The zero-order chi connectivity index (χ0) is 12.7. The van der Waals surface area contributed by atoms with Crippen LogP contribution in [0.15, 0.2) is 24.3 Å². The molecule has 0 saturated carbocycles. The number of hydrogen-bond donors (Lipinski definition) is 1. The average Bonchev–Trinajstić information content (AvgIpc) is 2.37. The van der Waals surface area contributed by atoms with E-state index < -0.39 is 5.54 Å². The Morgan fingerprint density at radius 2 is 1.94 bits per heavy atom. The smallest absolute Gasteiger partial charge is 0.124 e. The molecule has 1 atom stereocenters. The van der Waals surface area contributed by atoms with Crippen LogP contribution in [0.5, 0.6) is 5.75 Å². The van der Waals surface area contributed by atoms with Crippen LogP contribution in [0, 0.1) is 0 Å². The molecule has 0 aromatic heterocycles. The minimum absolute atomic E-state index is 0.473. The van der Waals surface area contributed by atoms with E-state index in [0.717, 1.165) is 24.2 Å². The highest BCUT2D eigenvalue weighted by atomic mass is 16.5. The van der Waals surface area contributed by atoms with Gasteiger partial charge in [0.05, 0.1) is 18.8 Å². The second-order valence-corrected chi connectivity index (χ2v) is 4.29. The summed E-state index contributed by atoms with van der Waals surface area (Å²) in [5, 5.41) is 0. The van der Waals surface area contributed by atoms with Crippen LogP contribution in [-0.4, -0.2) is 20.3 Å². The van der Waals surface area contributed by atoms with Crippen LogP contribution in [0.4, 0.5) is 0 Å². The Labute approximate surface area is 104 Å². The van der Waals surface area contributed by atoms with Crippen molar-refractivity contribution in [2.24, 2.45) is 5.73 Å². The average molecular weight is 237 g/mol. The SMILES string of the molecule is CCCOc1ccccc1C(N)(CC)COC. The first-order valence-corrected chi connectivity index (χ1v) is 6.18. The summed E-state index contributed by atoms with van der Waals surface area (Å²) in [6, 6.07) is 7.95. The van der Waals surface area contributed by atoms with Crippen LogP contribution in [0.1, 0.15) is 32.3 Å². The number of rotatable bonds is 7. The Morgan fingerprint density at radius 1 is 1.24 bits per heavy atom. The molecule has 0 saturated heterocycles. The number of para-hydroxylation sites is 1. The van der Waals surface area contributed by atoms with Crippen molar-refractivity contribution in [3.8, 4) is 5.75 Å². The van der Waals surface area contributed by atoms with Crippen LogP contribution in [0.2, 0.25) is 0 Å². The minimum Gasteiger partial charge on any atom is -0.493 e. The first-order valence-electron chi connectivity index (χ1n) is 6.18. The third kappa shape index (κ3) is 3.45. The maximum Gasteiger partial charge on any atom is 0.124 e. The molecule has 1 aromatic rings. The predicted molar refractivity (Wildman–Crippen MR) is 70.3 cm³/mol. The first kappa shape index (κ1) is 14.0. The summed E-state index contributed by atoms with van der Waals surface area (Å²) >= 11 is 0. The van der Waals surface area contributed by atoms with Crippen molar-refractivity contribution in [2.45, 2.75) is 32.2 Å². The number of methoxy groups -OCH3 is 1. The maximum absolute atomic E-state index is 6.40. The highest BCUT2D eigenvalue weighted by Gasteiger charge is 2.28. The summed E-state index contributed by atoms with van der Waals surface area (Å²) in [6.45, 7) is 5.36. The second kappa shape index (κ2) is 6.62. The van der Waals surface area contributed by atoms with Gasteiger partial charge in [0, 0.05) is 12.7 Å². The lowest BCUT2D eigenvalue weighted by Gasteiger charge is -2.29. The summed E-state index contributed by atoms with van der Waals surface area (Å²) in [4.78, 5) is 0. The molecule has 2 N–H and O–H groups in total. The topological polar surface area (TPSA) is 44.5 Å². The molecule has 0 amide bonds. The van der Waals surface area contributed by atoms with E-state index in [4.69, 9.17) is 15.2 Å². The van der Waals surface area contributed by atoms with Crippen LogP contribution >= 0.6 is 0 Å². The van der Waals surface area contributed by atoms with E-state index in [2.05, 4.69) is 13.8 Å². The Hall–Kier alpha value is -1.06. The van der Waals surface area contributed by atoms with Crippen LogP contribution in [-0.2, 0) is 10.3 Å². The highest BCUT2D eigenvalue weighted by Crippen LogP contribution is 2.31. The van der Waals surface area contributed by atoms with Crippen molar-refractivity contribution >= 4 is 0 Å². The van der Waals surface area contributed by atoms with Gasteiger partial charge in [-0.05, 0) is 18.9 Å². The second-order valence-electron chi connectivity index (χ2n) is 4.29. The van der Waals surface area contributed by atoms with Gasteiger partial charge in [-0.1, -0.05) is 32.0 Å². The lowest BCUT2D eigenvalue weighted by molar-refractivity contribution is 0.126. The molecule has 1 rings (SSSR count). The summed E-state index contributed by atoms with van der Waals surface area (Å²) in [6.07, 6.45) is 1.80. The fourth-order valence-corrected chi connectivity index (χ4v) is 1.84. The number of hydrogen-bond acceptors (Lipinski definition) is 3. The number of nitrogens with two attached hydrogens (primary N) is 1.